The summed E-state index contributed by atoms with van der Waals surface area (Å²) in [5.74, 6) is 0.485. The van der Waals surface area contributed by atoms with E-state index in [-0.39, 0.29) is 11.9 Å². The van der Waals surface area contributed by atoms with Crippen molar-refractivity contribution in [1.29, 1.82) is 0 Å². The number of halogens is 1. The Balaban J connectivity index is 2.52. The molecule has 0 radical (unpaired) electrons. The lowest BCUT2D eigenvalue weighted by molar-refractivity contribution is -0.121. The number of benzene rings is 1. The predicted octanol–water partition coefficient (Wildman–Crippen LogP) is 3.27. The zero-order valence-corrected chi connectivity index (χ0v) is 10.3. The van der Waals surface area contributed by atoms with E-state index in [1.54, 1.807) is 0 Å². The summed E-state index contributed by atoms with van der Waals surface area (Å²) >= 11 is 5.87. The summed E-state index contributed by atoms with van der Waals surface area (Å²) in [6.45, 7) is 2.07. The third-order valence-electron chi connectivity index (χ3n) is 2.45. The zero-order valence-electron chi connectivity index (χ0n) is 9.58. The maximum Gasteiger partial charge on any atom is 0.220 e. The van der Waals surface area contributed by atoms with Crippen molar-refractivity contribution in [3.63, 3.8) is 0 Å². The van der Waals surface area contributed by atoms with Gasteiger partial charge in [-0.3, -0.25) is 4.79 Å². The molecule has 0 aliphatic heterocycles. The molecule has 0 saturated carbocycles. The Morgan fingerprint density at radius 3 is 2.62 bits per heavy atom. The van der Waals surface area contributed by atoms with Crippen LogP contribution in [-0.4, -0.2) is 11.8 Å². The van der Waals surface area contributed by atoms with Crippen LogP contribution in [0.4, 0.5) is 0 Å². The number of carbonyl (C=O) groups is 1. The summed E-state index contributed by atoms with van der Waals surface area (Å²) < 4.78 is 0. The van der Waals surface area contributed by atoms with Gasteiger partial charge in [0.2, 0.25) is 5.91 Å². The van der Waals surface area contributed by atoms with Gasteiger partial charge in [0.1, 0.15) is 0 Å². The molecule has 1 amide bonds. The van der Waals surface area contributed by atoms with E-state index in [1.807, 2.05) is 30.3 Å². The highest BCUT2D eigenvalue weighted by Gasteiger charge is 2.12. The molecule has 2 nitrogen and oxygen atoms in total. The quantitative estimate of drug-likeness (QED) is 0.759. The maximum atomic E-state index is 11.6. The summed E-state index contributed by atoms with van der Waals surface area (Å²) in [6.07, 6.45) is 2.54. The van der Waals surface area contributed by atoms with E-state index in [1.165, 1.54) is 0 Å². The first-order valence-electron chi connectivity index (χ1n) is 5.68. The molecule has 1 aromatic carbocycles. The lowest BCUT2D eigenvalue weighted by Gasteiger charge is -2.16. The Kier molecular flexibility index (Phi) is 5.94. The maximum absolute atomic E-state index is 11.6. The zero-order chi connectivity index (χ0) is 11.8. The molecule has 0 heterocycles. The molecule has 16 heavy (non-hydrogen) atoms. The van der Waals surface area contributed by atoms with Crippen LogP contribution in [0.3, 0.4) is 0 Å². The fourth-order valence-electron chi connectivity index (χ4n) is 1.50. The number of hydrogen-bond acceptors (Lipinski definition) is 1. The van der Waals surface area contributed by atoms with Gasteiger partial charge in [0, 0.05) is 12.3 Å². The van der Waals surface area contributed by atoms with Crippen LogP contribution >= 0.6 is 11.6 Å². The minimum atomic E-state index is -0.0766. The molecule has 0 saturated heterocycles. The van der Waals surface area contributed by atoms with E-state index in [2.05, 4.69) is 12.2 Å². The molecule has 0 aliphatic carbocycles. The van der Waals surface area contributed by atoms with Crippen molar-refractivity contribution in [2.75, 3.05) is 5.88 Å². The molecule has 88 valence electrons. The highest BCUT2D eigenvalue weighted by atomic mass is 35.5. The fourth-order valence-corrected chi connectivity index (χ4v) is 1.76. The third kappa shape index (κ3) is 4.23. The molecule has 0 spiro atoms. The second-order valence-corrected chi connectivity index (χ2v) is 4.10. The lowest BCUT2D eigenvalue weighted by Crippen LogP contribution is -2.29. The van der Waals surface area contributed by atoms with E-state index in [4.69, 9.17) is 11.6 Å². The van der Waals surface area contributed by atoms with Crippen molar-refractivity contribution >= 4 is 17.5 Å². The molecule has 1 unspecified atom stereocenters. The minimum absolute atomic E-state index is 0.0766. The SMILES string of the molecule is CCCCC(=O)NC(CCl)c1ccccc1. The number of unbranched alkanes of at least 4 members (excludes halogenated alkanes) is 1. The summed E-state index contributed by atoms with van der Waals surface area (Å²) in [7, 11) is 0. The normalized spacial score (nSPS) is 12.1. The van der Waals surface area contributed by atoms with Crippen molar-refractivity contribution in [3.8, 4) is 0 Å². The predicted molar refractivity (Wildman–Crippen MR) is 67.6 cm³/mol. The number of hydrogen-bond donors (Lipinski definition) is 1. The number of carbonyl (C=O) groups excluding carboxylic acids is 1. The summed E-state index contributed by atoms with van der Waals surface area (Å²) in [4.78, 5) is 11.6. The van der Waals surface area contributed by atoms with Gasteiger partial charge in [0.05, 0.1) is 6.04 Å². The molecule has 0 aromatic heterocycles. The van der Waals surface area contributed by atoms with Crippen molar-refractivity contribution in [3.05, 3.63) is 35.9 Å². The van der Waals surface area contributed by atoms with E-state index >= 15 is 0 Å². The first kappa shape index (κ1) is 13.0. The van der Waals surface area contributed by atoms with Gasteiger partial charge in [-0.25, -0.2) is 0 Å². The summed E-state index contributed by atoms with van der Waals surface area (Å²) in [5, 5.41) is 2.95. The highest BCUT2D eigenvalue weighted by Crippen LogP contribution is 2.14. The van der Waals surface area contributed by atoms with Crippen LogP contribution in [0.2, 0.25) is 0 Å². The molecule has 1 N–H and O–H groups in total. The largest absolute Gasteiger partial charge is 0.348 e. The van der Waals surface area contributed by atoms with Crippen LogP contribution in [0.1, 0.15) is 37.8 Å². The highest BCUT2D eigenvalue weighted by molar-refractivity contribution is 6.18. The van der Waals surface area contributed by atoms with Gasteiger partial charge in [-0.05, 0) is 12.0 Å². The third-order valence-corrected chi connectivity index (χ3v) is 2.76. The molecule has 1 aromatic rings. The fraction of sp³-hybridized carbons (Fsp3) is 0.462. The Morgan fingerprint density at radius 1 is 1.38 bits per heavy atom. The summed E-state index contributed by atoms with van der Waals surface area (Å²) in [6, 6.07) is 9.74. The number of amides is 1. The van der Waals surface area contributed by atoms with Crippen LogP contribution in [0.5, 0.6) is 0 Å². The standard InChI is InChI=1S/C13H18ClNO/c1-2-3-9-13(16)15-12(10-14)11-7-5-4-6-8-11/h4-8,12H,2-3,9-10H2,1H3,(H,15,16). The van der Waals surface area contributed by atoms with Gasteiger partial charge in [0.25, 0.3) is 0 Å². The Hall–Kier alpha value is -1.02. The van der Waals surface area contributed by atoms with Crippen LogP contribution in [-0.2, 0) is 4.79 Å². The number of rotatable bonds is 6. The molecule has 0 fully saturated rings. The molecular weight excluding hydrogens is 222 g/mol. The van der Waals surface area contributed by atoms with Crippen molar-refractivity contribution < 1.29 is 4.79 Å². The van der Waals surface area contributed by atoms with Crippen molar-refractivity contribution in [1.82, 2.24) is 5.32 Å². The molecule has 0 bridgehead atoms. The van der Waals surface area contributed by atoms with Crippen LogP contribution < -0.4 is 5.32 Å². The second-order valence-electron chi connectivity index (χ2n) is 3.79. The molecule has 3 heteroatoms. The van der Waals surface area contributed by atoms with Crippen molar-refractivity contribution in [2.45, 2.75) is 32.2 Å². The van der Waals surface area contributed by atoms with Gasteiger partial charge >= 0.3 is 0 Å². The van der Waals surface area contributed by atoms with Gasteiger partial charge in [0.15, 0.2) is 0 Å². The van der Waals surface area contributed by atoms with Crippen molar-refractivity contribution in [2.24, 2.45) is 0 Å². The van der Waals surface area contributed by atoms with Crippen LogP contribution in [0.25, 0.3) is 0 Å². The topological polar surface area (TPSA) is 29.1 Å². The summed E-state index contributed by atoms with van der Waals surface area (Å²) in [5.41, 5.74) is 1.06. The monoisotopic (exact) mass is 239 g/mol. The number of nitrogens with one attached hydrogen (secondary N) is 1. The minimum Gasteiger partial charge on any atom is -0.348 e. The first-order chi connectivity index (χ1) is 7.77. The molecule has 0 aliphatic rings. The molecule has 1 rings (SSSR count). The lowest BCUT2D eigenvalue weighted by atomic mass is 10.1. The number of alkyl halides is 1. The van der Waals surface area contributed by atoms with Gasteiger partial charge in [-0.15, -0.1) is 11.6 Å². The Morgan fingerprint density at radius 2 is 2.06 bits per heavy atom. The van der Waals surface area contributed by atoms with Crippen LogP contribution in [0.15, 0.2) is 30.3 Å². The average molecular weight is 240 g/mol. The first-order valence-corrected chi connectivity index (χ1v) is 6.21. The molecule has 1 atom stereocenters. The van der Waals surface area contributed by atoms with E-state index in [0.717, 1.165) is 18.4 Å². The van der Waals surface area contributed by atoms with E-state index < -0.39 is 0 Å². The van der Waals surface area contributed by atoms with Crippen LogP contribution in [0, 0.1) is 0 Å². The Bertz CT molecular complexity index is 313. The average Bonchev–Trinajstić information content (AvgIpc) is 2.34. The Labute approximate surface area is 102 Å². The smallest absolute Gasteiger partial charge is 0.220 e. The second kappa shape index (κ2) is 7.29. The van der Waals surface area contributed by atoms with Gasteiger partial charge < -0.3 is 5.32 Å². The van der Waals surface area contributed by atoms with Gasteiger partial charge in [-0.2, -0.15) is 0 Å². The van der Waals surface area contributed by atoms with E-state index in [0.29, 0.717) is 12.3 Å². The molecular formula is C13H18ClNO. The van der Waals surface area contributed by atoms with E-state index in [9.17, 15) is 4.79 Å². The van der Waals surface area contributed by atoms with Gasteiger partial charge in [-0.1, -0.05) is 43.7 Å².